The topological polar surface area (TPSA) is 36.9 Å². The standard InChI is InChI=1S/C17H27N3O/c1-3-4-12-19-17(18-2)20-13-10-16(11-14-20)21-15-8-6-5-7-9-15/h5-9,16H,3-4,10-14H2,1-2H3,(H,18,19). The fourth-order valence-corrected chi connectivity index (χ4v) is 2.59. The van der Waals surface area contributed by atoms with Gasteiger partial charge in [0.1, 0.15) is 11.9 Å². The molecular weight excluding hydrogens is 262 g/mol. The number of piperidine rings is 1. The lowest BCUT2D eigenvalue weighted by molar-refractivity contribution is 0.129. The Morgan fingerprint density at radius 3 is 2.62 bits per heavy atom. The summed E-state index contributed by atoms with van der Waals surface area (Å²) in [7, 11) is 1.86. The number of nitrogens with zero attached hydrogens (tertiary/aromatic N) is 2. The highest BCUT2D eigenvalue weighted by Crippen LogP contribution is 2.18. The minimum atomic E-state index is 0.317. The summed E-state index contributed by atoms with van der Waals surface area (Å²) in [6.07, 6.45) is 4.80. The van der Waals surface area contributed by atoms with Crippen LogP contribution >= 0.6 is 0 Å². The van der Waals surface area contributed by atoms with Crippen molar-refractivity contribution >= 4 is 5.96 Å². The van der Waals surface area contributed by atoms with E-state index in [0.29, 0.717) is 6.10 Å². The smallest absolute Gasteiger partial charge is 0.193 e. The number of ether oxygens (including phenoxy) is 1. The van der Waals surface area contributed by atoms with E-state index in [2.05, 4.69) is 22.1 Å². The lowest BCUT2D eigenvalue weighted by Gasteiger charge is -2.34. The van der Waals surface area contributed by atoms with Crippen LogP contribution in [0, 0.1) is 0 Å². The lowest BCUT2D eigenvalue weighted by Crippen LogP contribution is -2.47. The van der Waals surface area contributed by atoms with Gasteiger partial charge in [-0.25, -0.2) is 0 Å². The van der Waals surface area contributed by atoms with Gasteiger partial charge in [0.2, 0.25) is 0 Å². The second-order valence-electron chi connectivity index (χ2n) is 5.44. The molecule has 1 heterocycles. The molecule has 0 bridgehead atoms. The first-order valence-electron chi connectivity index (χ1n) is 8.00. The molecule has 0 aliphatic carbocycles. The first kappa shape index (κ1) is 15.7. The van der Waals surface area contributed by atoms with Gasteiger partial charge in [-0.15, -0.1) is 0 Å². The van der Waals surface area contributed by atoms with Crippen LogP contribution in [0.15, 0.2) is 35.3 Å². The first-order chi connectivity index (χ1) is 10.3. The van der Waals surface area contributed by atoms with Crippen LogP contribution in [0.2, 0.25) is 0 Å². The van der Waals surface area contributed by atoms with Crippen LogP contribution in [-0.4, -0.2) is 43.6 Å². The van der Waals surface area contributed by atoms with Gasteiger partial charge < -0.3 is 15.0 Å². The maximum atomic E-state index is 6.03. The summed E-state index contributed by atoms with van der Waals surface area (Å²) in [6.45, 7) is 5.22. The van der Waals surface area contributed by atoms with E-state index in [-0.39, 0.29) is 0 Å². The zero-order chi connectivity index (χ0) is 14.9. The van der Waals surface area contributed by atoms with E-state index < -0.39 is 0 Å². The predicted octanol–water partition coefficient (Wildman–Crippen LogP) is 2.91. The van der Waals surface area contributed by atoms with Crippen LogP contribution in [-0.2, 0) is 0 Å². The van der Waals surface area contributed by atoms with Gasteiger partial charge in [-0.3, -0.25) is 4.99 Å². The molecule has 0 aromatic heterocycles. The Balaban J connectivity index is 1.77. The normalized spacial score (nSPS) is 16.9. The van der Waals surface area contributed by atoms with Crippen molar-refractivity contribution in [3.8, 4) is 5.75 Å². The molecule has 21 heavy (non-hydrogen) atoms. The highest BCUT2D eigenvalue weighted by molar-refractivity contribution is 5.79. The summed E-state index contributed by atoms with van der Waals surface area (Å²) < 4.78 is 6.03. The van der Waals surface area contributed by atoms with Crippen LogP contribution in [0.1, 0.15) is 32.6 Å². The maximum Gasteiger partial charge on any atom is 0.193 e. The summed E-state index contributed by atoms with van der Waals surface area (Å²) in [5.41, 5.74) is 0. The van der Waals surface area contributed by atoms with Gasteiger partial charge in [-0.2, -0.15) is 0 Å². The van der Waals surface area contributed by atoms with Crippen molar-refractivity contribution in [3.63, 3.8) is 0 Å². The van der Waals surface area contributed by atoms with Crippen LogP contribution in [0.25, 0.3) is 0 Å². The average Bonchev–Trinajstić information content (AvgIpc) is 2.54. The number of para-hydroxylation sites is 1. The van der Waals surface area contributed by atoms with E-state index in [1.54, 1.807) is 0 Å². The molecule has 0 unspecified atom stereocenters. The van der Waals surface area contributed by atoms with E-state index in [4.69, 9.17) is 4.74 Å². The third-order valence-corrected chi connectivity index (χ3v) is 3.81. The summed E-state index contributed by atoms with van der Waals surface area (Å²) in [5.74, 6) is 2.00. The number of likely N-dealkylation sites (tertiary alicyclic amines) is 1. The summed E-state index contributed by atoms with van der Waals surface area (Å²) in [5, 5.41) is 3.44. The average molecular weight is 289 g/mol. The maximum absolute atomic E-state index is 6.03. The highest BCUT2D eigenvalue weighted by atomic mass is 16.5. The van der Waals surface area contributed by atoms with Crippen LogP contribution in [0.5, 0.6) is 5.75 Å². The summed E-state index contributed by atoms with van der Waals surface area (Å²) >= 11 is 0. The van der Waals surface area contributed by atoms with Gasteiger partial charge in [-0.05, 0) is 18.6 Å². The second kappa shape index (κ2) is 8.55. The summed E-state index contributed by atoms with van der Waals surface area (Å²) in [6, 6.07) is 10.1. The molecule has 4 nitrogen and oxygen atoms in total. The van der Waals surface area contributed by atoms with Crippen molar-refractivity contribution in [2.45, 2.75) is 38.7 Å². The number of aliphatic imine (C=N–C) groups is 1. The predicted molar refractivity (Wildman–Crippen MR) is 87.9 cm³/mol. The Labute approximate surface area is 128 Å². The minimum Gasteiger partial charge on any atom is -0.490 e. The van der Waals surface area contributed by atoms with Crippen LogP contribution in [0.3, 0.4) is 0 Å². The molecule has 0 amide bonds. The molecule has 2 rings (SSSR count). The zero-order valence-electron chi connectivity index (χ0n) is 13.2. The second-order valence-corrected chi connectivity index (χ2v) is 5.44. The van der Waals surface area contributed by atoms with Gasteiger partial charge in [0.25, 0.3) is 0 Å². The van der Waals surface area contributed by atoms with Crippen molar-refractivity contribution in [2.75, 3.05) is 26.7 Å². The molecule has 1 aromatic carbocycles. The number of hydrogen-bond acceptors (Lipinski definition) is 2. The molecule has 1 aliphatic heterocycles. The Kier molecular flexibility index (Phi) is 6.38. The third-order valence-electron chi connectivity index (χ3n) is 3.81. The number of rotatable bonds is 5. The quantitative estimate of drug-likeness (QED) is 0.514. The number of hydrogen-bond donors (Lipinski definition) is 1. The van der Waals surface area contributed by atoms with Crippen molar-refractivity contribution in [1.29, 1.82) is 0 Å². The molecule has 4 heteroatoms. The molecular formula is C17H27N3O. The van der Waals surface area contributed by atoms with Gasteiger partial charge in [0.15, 0.2) is 5.96 Å². The molecule has 1 saturated heterocycles. The fourth-order valence-electron chi connectivity index (χ4n) is 2.59. The number of guanidine groups is 1. The van der Waals surface area contributed by atoms with Crippen LogP contribution in [0.4, 0.5) is 0 Å². The number of nitrogens with one attached hydrogen (secondary N) is 1. The Morgan fingerprint density at radius 1 is 1.29 bits per heavy atom. The van der Waals surface area contributed by atoms with Crippen molar-refractivity contribution in [3.05, 3.63) is 30.3 Å². The highest BCUT2D eigenvalue weighted by Gasteiger charge is 2.22. The molecule has 0 saturated carbocycles. The van der Waals surface area contributed by atoms with E-state index in [9.17, 15) is 0 Å². The minimum absolute atomic E-state index is 0.317. The zero-order valence-corrected chi connectivity index (χ0v) is 13.2. The summed E-state index contributed by atoms with van der Waals surface area (Å²) in [4.78, 5) is 6.72. The van der Waals surface area contributed by atoms with Gasteiger partial charge in [0, 0.05) is 39.5 Å². The van der Waals surface area contributed by atoms with Crippen molar-refractivity contribution < 1.29 is 4.74 Å². The van der Waals surface area contributed by atoms with Gasteiger partial charge in [0.05, 0.1) is 0 Å². The first-order valence-corrected chi connectivity index (χ1v) is 8.00. The molecule has 0 radical (unpaired) electrons. The van der Waals surface area contributed by atoms with E-state index in [1.807, 2.05) is 37.4 Å². The Bertz CT molecular complexity index is 425. The third kappa shape index (κ3) is 4.96. The van der Waals surface area contributed by atoms with Crippen LogP contribution < -0.4 is 10.1 Å². The van der Waals surface area contributed by atoms with E-state index >= 15 is 0 Å². The Morgan fingerprint density at radius 2 is 2.00 bits per heavy atom. The molecule has 1 fully saturated rings. The monoisotopic (exact) mass is 289 g/mol. The fraction of sp³-hybridized carbons (Fsp3) is 0.588. The molecule has 0 atom stereocenters. The molecule has 0 spiro atoms. The van der Waals surface area contributed by atoms with Crippen molar-refractivity contribution in [1.82, 2.24) is 10.2 Å². The van der Waals surface area contributed by atoms with Crippen molar-refractivity contribution in [2.24, 2.45) is 4.99 Å². The number of benzene rings is 1. The lowest BCUT2D eigenvalue weighted by atomic mass is 10.1. The van der Waals surface area contributed by atoms with Gasteiger partial charge in [-0.1, -0.05) is 31.5 Å². The molecule has 1 aliphatic rings. The van der Waals surface area contributed by atoms with E-state index in [0.717, 1.165) is 44.2 Å². The largest absolute Gasteiger partial charge is 0.490 e. The van der Waals surface area contributed by atoms with Gasteiger partial charge >= 0.3 is 0 Å². The molecule has 1 aromatic rings. The SMILES string of the molecule is CCCCNC(=NC)N1CCC(Oc2ccccc2)CC1. The van der Waals surface area contributed by atoms with E-state index in [1.165, 1.54) is 12.8 Å². The molecule has 1 N–H and O–H groups in total. The molecule has 116 valence electrons. The number of unbranched alkanes of at least 4 members (excludes halogenated alkanes) is 1. The Hall–Kier alpha value is -1.71.